The second kappa shape index (κ2) is 7.48. The molecular weight excluding hydrogens is 418 g/mol. The molecule has 0 saturated heterocycles. The normalized spacial score (nSPS) is 57.7. The minimum absolute atomic E-state index is 0.196. The lowest BCUT2D eigenvalue weighted by molar-refractivity contribution is -0.256. The molecule has 0 unspecified atom stereocenters. The number of hydrogen-bond donors (Lipinski definition) is 1. The molecule has 5 aliphatic rings. The van der Waals surface area contributed by atoms with E-state index < -0.39 is 6.10 Å². The van der Waals surface area contributed by atoms with Gasteiger partial charge in [0.15, 0.2) is 0 Å². The van der Waals surface area contributed by atoms with E-state index in [9.17, 15) is 5.11 Å². The molecule has 5 fully saturated rings. The van der Waals surface area contributed by atoms with Gasteiger partial charge in [0.05, 0.1) is 11.8 Å². The summed E-state index contributed by atoms with van der Waals surface area (Å²) < 4.78 is 0. The minimum atomic E-state index is -0.460. The van der Waals surface area contributed by atoms with Crippen molar-refractivity contribution in [2.75, 3.05) is 7.11 Å². The fourth-order valence-electron chi connectivity index (χ4n) is 11.4. The zero-order valence-corrected chi connectivity index (χ0v) is 23.8. The Morgan fingerprint density at radius 2 is 1.38 bits per heavy atom. The summed E-state index contributed by atoms with van der Waals surface area (Å²) in [5, 5.41) is 15.5. The first kappa shape index (κ1) is 25.1. The van der Waals surface area contributed by atoms with Crippen LogP contribution in [-0.4, -0.2) is 24.0 Å². The largest absolute Gasteiger partial charge is 0.399 e. The molecule has 0 radical (unpaired) electrons. The maximum absolute atomic E-state index is 11.2. The van der Waals surface area contributed by atoms with Crippen LogP contribution in [0.2, 0.25) is 0 Å². The van der Waals surface area contributed by atoms with E-state index in [1.165, 1.54) is 57.8 Å². The van der Waals surface area contributed by atoms with E-state index in [4.69, 9.17) is 4.84 Å². The van der Waals surface area contributed by atoms with Gasteiger partial charge < -0.3 is 9.94 Å². The fraction of sp³-hybridized carbons (Fsp3) is 0.968. The molecule has 5 rings (SSSR count). The highest BCUT2D eigenvalue weighted by molar-refractivity contribution is 5.91. The van der Waals surface area contributed by atoms with Crippen molar-refractivity contribution in [1.29, 1.82) is 0 Å². The number of aliphatic hydroxyl groups excluding tert-OH is 1. The lowest BCUT2D eigenvalue weighted by Gasteiger charge is -2.75. The first-order valence-electron chi connectivity index (χ1n) is 14.5. The molecule has 5 saturated carbocycles. The Morgan fingerprint density at radius 1 is 0.765 bits per heavy atom. The van der Waals surface area contributed by atoms with E-state index in [1.54, 1.807) is 7.11 Å². The van der Waals surface area contributed by atoms with Gasteiger partial charge in [-0.2, -0.15) is 0 Å². The summed E-state index contributed by atoms with van der Waals surface area (Å²) in [5.74, 6) is 2.43. The van der Waals surface area contributed by atoms with Crippen LogP contribution in [-0.2, 0) is 4.84 Å². The molecule has 0 aliphatic heterocycles. The van der Waals surface area contributed by atoms with Crippen LogP contribution in [0.3, 0.4) is 0 Å². The first-order chi connectivity index (χ1) is 15.7. The lowest BCUT2D eigenvalue weighted by atomic mass is 9.30. The molecule has 0 bridgehead atoms. The van der Waals surface area contributed by atoms with Crippen LogP contribution in [0, 0.1) is 56.2 Å². The summed E-state index contributed by atoms with van der Waals surface area (Å²) in [7, 11) is 1.62. The predicted molar refractivity (Wildman–Crippen MR) is 141 cm³/mol. The third kappa shape index (κ3) is 3.07. The van der Waals surface area contributed by atoms with E-state index in [-0.39, 0.29) is 11.3 Å². The zero-order chi connectivity index (χ0) is 24.9. The average molecular weight is 472 g/mol. The SMILES string of the molecule is CO/N=C1\[C@H](O)C[C@@H]2[C@](C)(CC[C@@H]3[C@]2(C)CC[C@@]2(C)[C@H]4CC(C)(C)CC[C@]4(C)CC[C@]32C)[C@@H]1C. The molecule has 0 amide bonds. The van der Waals surface area contributed by atoms with Crippen molar-refractivity contribution in [1.82, 2.24) is 0 Å². The molecular formula is C31H53NO2. The van der Waals surface area contributed by atoms with Crippen molar-refractivity contribution in [3.63, 3.8) is 0 Å². The van der Waals surface area contributed by atoms with Crippen molar-refractivity contribution in [3.8, 4) is 0 Å². The molecule has 5 aliphatic carbocycles. The topological polar surface area (TPSA) is 41.8 Å². The summed E-state index contributed by atoms with van der Waals surface area (Å²) in [6, 6.07) is 0. The summed E-state index contributed by atoms with van der Waals surface area (Å²) >= 11 is 0. The Labute approximate surface area is 209 Å². The fourth-order valence-corrected chi connectivity index (χ4v) is 11.4. The minimum Gasteiger partial charge on any atom is -0.399 e. The molecule has 194 valence electrons. The number of rotatable bonds is 1. The van der Waals surface area contributed by atoms with Gasteiger partial charge in [-0.15, -0.1) is 0 Å². The molecule has 0 aromatic heterocycles. The summed E-state index contributed by atoms with van der Waals surface area (Å²) in [6.07, 6.45) is 12.7. The molecule has 1 N–H and O–H groups in total. The van der Waals surface area contributed by atoms with Crippen molar-refractivity contribution in [2.45, 2.75) is 126 Å². The van der Waals surface area contributed by atoms with Crippen molar-refractivity contribution >= 4 is 5.71 Å². The molecule has 0 heterocycles. The number of nitrogens with zero attached hydrogens (tertiary/aromatic N) is 1. The Bertz CT molecular complexity index is 865. The first-order valence-corrected chi connectivity index (χ1v) is 14.5. The monoisotopic (exact) mass is 471 g/mol. The maximum Gasteiger partial charge on any atom is 0.106 e. The number of hydrogen-bond acceptors (Lipinski definition) is 3. The molecule has 10 atom stereocenters. The van der Waals surface area contributed by atoms with E-state index in [1.807, 2.05) is 0 Å². The lowest BCUT2D eigenvalue weighted by Crippen LogP contribution is -2.68. The van der Waals surface area contributed by atoms with Crippen LogP contribution >= 0.6 is 0 Å². The van der Waals surface area contributed by atoms with Gasteiger partial charge in [-0.1, -0.05) is 60.5 Å². The average Bonchev–Trinajstić information content (AvgIpc) is 2.76. The van der Waals surface area contributed by atoms with Crippen LogP contribution in [0.25, 0.3) is 0 Å². The van der Waals surface area contributed by atoms with Crippen LogP contribution < -0.4 is 0 Å². The second-order valence-corrected chi connectivity index (χ2v) is 15.7. The molecule has 3 nitrogen and oxygen atoms in total. The van der Waals surface area contributed by atoms with E-state index in [0.29, 0.717) is 33.0 Å². The zero-order valence-electron chi connectivity index (χ0n) is 23.8. The van der Waals surface area contributed by atoms with Crippen molar-refractivity contribution in [2.24, 2.45) is 61.3 Å². The van der Waals surface area contributed by atoms with Gasteiger partial charge in [-0.05, 0) is 114 Å². The third-order valence-electron chi connectivity index (χ3n) is 14.0. The van der Waals surface area contributed by atoms with Crippen molar-refractivity contribution in [3.05, 3.63) is 0 Å². The molecule has 0 aromatic rings. The van der Waals surface area contributed by atoms with E-state index in [0.717, 1.165) is 24.0 Å². The summed E-state index contributed by atoms with van der Waals surface area (Å²) in [5.41, 5.74) is 3.22. The summed E-state index contributed by atoms with van der Waals surface area (Å²) in [4.78, 5) is 5.18. The highest BCUT2D eigenvalue weighted by Crippen LogP contribution is 2.78. The highest BCUT2D eigenvalue weighted by Gasteiger charge is 2.71. The van der Waals surface area contributed by atoms with Crippen LogP contribution in [0.5, 0.6) is 0 Å². The summed E-state index contributed by atoms with van der Waals surface area (Å²) in [6.45, 7) is 20.6. The van der Waals surface area contributed by atoms with Crippen LogP contribution in [0.4, 0.5) is 0 Å². The maximum atomic E-state index is 11.2. The van der Waals surface area contributed by atoms with Crippen LogP contribution in [0.1, 0.15) is 120 Å². The predicted octanol–water partition coefficient (Wildman–Crippen LogP) is 7.86. The Morgan fingerprint density at radius 3 is 2.06 bits per heavy atom. The van der Waals surface area contributed by atoms with Gasteiger partial charge in [0.1, 0.15) is 7.11 Å². The molecule has 0 aromatic carbocycles. The molecule has 3 heteroatoms. The van der Waals surface area contributed by atoms with Gasteiger partial charge in [0, 0.05) is 5.92 Å². The van der Waals surface area contributed by atoms with Crippen LogP contribution in [0.15, 0.2) is 5.16 Å². The van der Waals surface area contributed by atoms with Gasteiger partial charge in [-0.25, -0.2) is 0 Å². The molecule has 34 heavy (non-hydrogen) atoms. The second-order valence-electron chi connectivity index (χ2n) is 15.7. The van der Waals surface area contributed by atoms with Gasteiger partial charge in [0.25, 0.3) is 0 Å². The number of fused-ring (bicyclic) bond motifs is 7. The Balaban J connectivity index is 1.54. The van der Waals surface area contributed by atoms with Gasteiger partial charge >= 0.3 is 0 Å². The van der Waals surface area contributed by atoms with Gasteiger partial charge in [-0.3, -0.25) is 0 Å². The number of aliphatic hydroxyl groups is 1. The Hall–Kier alpha value is -0.570. The quantitative estimate of drug-likeness (QED) is 0.395. The molecule has 0 spiro atoms. The Kier molecular flexibility index (Phi) is 5.52. The van der Waals surface area contributed by atoms with E-state index >= 15 is 0 Å². The van der Waals surface area contributed by atoms with E-state index in [2.05, 4.69) is 60.5 Å². The highest BCUT2D eigenvalue weighted by atomic mass is 16.6. The standard InChI is InChI=1S/C31H53NO2/c1-20-25(32-34-9)21(33)18-23-28(20,5)11-10-22-29(23,6)15-17-31(8)24-19-26(2,3)12-13-27(24,4)14-16-30(22,31)7/h20-24,33H,10-19H2,1-9H3/b32-25-/t20-,21-,22-,23-,24+,27-,28-,29+,30-,31+/m1/s1. The number of oxime groups is 1. The van der Waals surface area contributed by atoms with Gasteiger partial charge in [0.2, 0.25) is 0 Å². The smallest absolute Gasteiger partial charge is 0.106 e. The third-order valence-corrected chi connectivity index (χ3v) is 14.0. The van der Waals surface area contributed by atoms with Crippen molar-refractivity contribution < 1.29 is 9.94 Å².